The molecule has 0 aliphatic carbocycles. The fourth-order valence-corrected chi connectivity index (χ4v) is 3.67. The molecule has 1 N–H and O–H groups in total. The maximum Gasteiger partial charge on any atom is 0.362 e. The van der Waals surface area contributed by atoms with Gasteiger partial charge in [-0.2, -0.15) is 5.10 Å². The third kappa shape index (κ3) is 3.31. The number of likely N-dealkylation sites (tertiary alicyclic amines) is 1. The molecule has 1 aliphatic rings. The highest BCUT2D eigenvalue weighted by Crippen LogP contribution is 2.35. The third-order valence-electron chi connectivity index (χ3n) is 5.47. The van der Waals surface area contributed by atoms with Gasteiger partial charge in [0.25, 0.3) is 0 Å². The van der Waals surface area contributed by atoms with Gasteiger partial charge in [-0.25, -0.2) is 4.79 Å². The molecule has 1 saturated heterocycles. The van der Waals surface area contributed by atoms with Crippen molar-refractivity contribution in [2.75, 3.05) is 13.1 Å². The maximum atomic E-state index is 12.8. The van der Waals surface area contributed by atoms with Crippen molar-refractivity contribution < 1.29 is 9.90 Å². The molecule has 2 aromatic carbocycles. The molecule has 1 aliphatic heterocycles. The van der Waals surface area contributed by atoms with Crippen molar-refractivity contribution >= 4 is 6.03 Å². The Kier molecular flexibility index (Phi) is 4.96. The van der Waals surface area contributed by atoms with E-state index in [1.165, 1.54) is 6.20 Å². The molecule has 0 spiro atoms. The van der Waals surface area contributed by atoms with E-state index in [1.54, 1.807) is 4.90 Å². The minimum atomic E-state index is -1.49. The van der Waals surface area contributed by atoms with Gasteiger partial charge >= 0.3 is 6.03 Å². The number of rotatable bonds is 3. The average Bonchev–Trinajstić information content (AvgIpc) is 3.25. The Morgan fingerprint density at radius 3 is 2.07 bits per heavy atom. The second kappa shape index (κ2) is 7.56. The summed E-state index contributed by atoms with van der Waals surface area (Å²) in [5.41, 5.74) is 0.181. The number of amides is 1. The van der Waals surface area contributed by atoms with Crippen LogP contribution in [0.3, 0.4) is 0 Å². The van der Waals surface area contributed by atoms with Crippen molar-refractivity contribution in [1.82, 2.24) is 19.9 Å². The summed E-state index contributed by atoms with van der Waals surface area (Å²) >= 11 is 0. The number of carbonyl (C=O) groups excluding carboxylic acids is 1. The molecule has 1 fully saturated rings. The van der Waals surface area contributed by atoms with Gasteiger partial charge in [0, 0.05) is 13.1 Å². The van der Waals surface area contributed by atoms with Gasteiger partial charge in [0.05, 0.1) is 6.20 Å². The second-order valence-electron chi connectivity index (χ2n) is 7.41. The summed E-state index contributed by atoms with van der Waals surface area (Å²) in [6.45, 7) is 3.61. The van der Waals surface area contributed by atoms with Gasteiger partial charge in [-0.3, -0.25) is 0 Å². The Labute approximate surface area is 164 Å². The molecule has 0 bridgehead atoms. The fourth-order valence-electron chi connectivity index (χ4n) is 3.67. The van der Waals surface area contributed by atoms with Crippen LogP contribution >= 0.6 is 0 Å². The van der Waals surface area contributed by atoms with Crippen LogP contribution in [0.1, 0.15) is 36.6 Å². The summed E-state index contributed by atoms with van der Waals surface area (Å²) in [6, 6.07) is 18.4. The monoisotopic (exact) mass is 376 g/mol. The minimum Gasteiger partial charge on any atom is -0.374 e. The van der Waals surface area contributed by atoms with Crippen LogP contribution in [0.25, 0.3) is 0 Å². The summed E-state index contributed by atoms with van der Waals surface area (Å²) in [5.74, 6) is 0.631. The molecule has 3 aromatic rings. The Balaban J connectivity index is 1.70. The Hall–Kier alpha value is -2.99. The van der Waals surface area contributed by atoms with E-state index in [-0.39, 0.29) is 6.03 Å². The van der Waals surface area contributed by atoms with E-state index in [0.29, 0.717) is 35.8 Å². The van der Waals surface area contributed by atoms with Gasteiger partial charge < -0.3 is 10.0 Å². The predicted molar refractivity (Wildman–Crippen MR) is 106 cm³/mol. The highest BCUT2D eigenvalue weighted by atomic mass is 16.3. The molecule has 2 heterocycles. The second-order valence-corrected chi connectivity index (χ2v) is 7.41. The van der Waals surface area contributed by atoms with Crippen LogP contribution in [0.15, 0.2) is 66.9 Å². The van der Waals surface area contributed by atoms with Crippen LogP contribution in [-0.2, 0) is 5.60 Å². The maximum absolute atomic E-state index is 12.8. The van der Waals surface area contributed by atoms with Crippen LogP contribution in [0, 0.1) is 5.92 Å². The average molecular weight is 376 g/mol. The number of aromatic nitrogens is 3. The largest absolute Gasteiger partial charge is 0.374 e. The fraction of sp³-hybridized carbons (Fsp3) is 0.318. The molecule has 4 rings (SSSR count). The Bertz CT molecular complexity index is 892. The van der Waals surface area contributed by atoms with E-state index in [0.717, 1.165) is 17.6 Å². The molecule has 6 nitrogen and oxygen atoms in total. The van der Waals surface area contributed by atoms with Gasteiger partial charge in [-0.05, 0) is 29.9 Å². The molecular formula is C22H24N4O2. The van der Waals surface area contributed by atoms with E-state index in [1.807, 2.05) is 60.7 Å². The van der Waals surface area contributed by atoms with Crippen molar-refractivity contribution in [2.45, 2.75) is 25.4 Å². The smallest absolute Gasteiger partial charge is 0.362 e. The minimum absolute atomic E-state index is 0.248. The van der Waals surface area contributed by atoms with Crippen LogP contribution in [0.4, 0.5) is 4.79 Å². The van der Waals surface area contributed by atoms with Gasteiger partial charge in [-0.15, -0.1) is 5.10 Å². The lowest BCUT2D eigenvalue weighted by molar-refractivity contribution is 0.119. The summed E-state index contributed by atoms with van der Waals surface area (Å²) in [4.78, 5) is 15.7. The van der Waals surface area contributed by atoms with Crippen LogP contribution in [0.5, 0.6) is 0 Å². The first kappa shape index (κ1) is 18.4. The predicted octanol–water partition coefficient (Wildman–Crippen LogP) is 3.26. The highest BCUT2D eigenvalue weighted by Gasteiger charge is 2.37. The lowest BCUT2D eigenvalue weighted by Crippen LogP contribution is -2.41. The van der Waals surface area contributed by atoms with E-state index in [2.05, 4.69) is 17.1 Å². The molecule has 28 heavy (non-hydrogen) atoms. The standard InChI is InChI=1S/C22H24N4O2/c1-17-12-14-25(15-13-17)21(27)26-23-16-20(24-26)22(28,18-8-4-2-5-9-18)19-10-6-3-7-11-19/h2-11,16-17,28H,12-15H2,1H3. The van der Waals surface area contributed by atoms with Crippen molar-refractivity contribution in [2.24, 2.45) is 5.92 Å². The number of hydrogen-bond acceptors (Lipinski definition) is 4. The lowest BCUT2D eigenvalue weighted by Gasteiger charge is -2.29. The number of piperidine rings is 1. The summed E-state index contributed by atoms with van der Waals surface area (Å²) < 4.78 is 0. The Morgan fingerprint density at radius 1 is 1.00 bits per heavy atom. The SMILES string of the molecule is CC1CCN(C(=O)n2ncc(C(O)(c3ccccc3)c3ccccc3)n2)CC1. The zero-order chi connectivity index (χ0) is 19.6. The van der Waals surface area contributed by atoms with Crippen molar-refractivity contribution in [1.29, 1.82) is 0 Å². The number of hydrogen-bond donors (Lipinski definition) is 1. The van der Waals surface area contributed by atoms with E-state index in [4.69, 9.17) is 0 Å². The topological polar surface area (TPSA) is 71.2 Å². The first-order valence-corrected chi connectivity index (χ1v) is 9.64. The van der Waals surface area contributed by atoms with E-state index >= 15 is 0 Å². The molecule has 0 radical (unpaired) electrons. The Morgan fingerprint density at radius 2 is 1.54 bits per heavy atom. The molecular weight excluding hydrogens is 352 g/mol. The molecule has 144 valence electrons. The molecule has 0 saturated carbocycles. The highest BCUT2D eigenvalue weighted by molar-refractivity contribution is 5.75. The van der Waals surface area contributed by atoms with Gasteiger partial charge in [0.2, 0.25) is 0 Å². The normalized spacial score (nSPS) is 15.6. The molecule has 1 aromatic heterocycles. The van der Waals surface area contributed by atoms with Gasteiger partial charge in [0.15, 0.2) is 5.60 Å². The summed E-state index contributed by atoms with van der Waals surface area (Å²) in [7, 11) is 0. The summed E-state index contributed by atoms with van der Waals surface area (Å²) in [5, 5.41) is 20.3. The molecule has 0 unspecified atom stereocenters. The summed E-state index contributed by atoms with van der Waals surface area (Å²) in [6.07, 6.45) is 3.44. The van der Waals surface area contributed by atoms with Crippen molar-refractivity contribution in [3.8, 4) is 0 Å². The number of carbonyl (C=O) groups is 1. The van der Waals surface area contributed by atoms with Crippen molar-refractivity contribution in [3.05, 3.63) is 83.7 Å². The van der Waals surface area contributed by atoms with E-state index in [9.17, 15) is 9.90 Å². The van der Waals surface area contributed by atoms with E-state index < -0.39 is 5.60 Å². The van der Waals surface area contributed by atoms with Crippen LogP contribution in [-0.4, -0.2) is 44.1 Å². The molecule has 0 atom stereocenters. The first-order valence-electron chi connectivity index (χ1n) is 9.64. The number of nitrogens with zero attached hydrogens (tertiary/aromatic N) is 4. The van der Waals surface area contributed by atoms with Crippen molar-refractivity contribution in [3.63, 3.8) is 0 Å². The quantitative estimate of drug-likeness (QED) is 0.762. The third-order valence-corrected chi connectivity index (χ3v) is 5.47. The zero-order valence-corrected chi connectivity index (χ0v) is 15.9. The zero-order valence-electron chi connectivity index (χ0n) is 15.9. The number of benzene rings is 2. The van der Waals surface area contributed by atoms with Gasteiger partial charge in [-0.1, -0.05) is 72.4 Å². The lowest BCUT2D eigenvalue weighted by atomic mass is 9.84. The van der Waals surface area contributed by atoms with Gasteiger partial charge in [0.1, 0.15) is 5.69 Å². The van der Waals surface area contributed by atoms with Crippen LogP contribution in [0.2, 0.25) is 0 Å². The molecule has 1 amide bonds. The first-order chi connectivity index (χ1) is 13.6. The molecule has 6 heteroatoms. The number of aliphatic hydroxyl groups is 1. The van der Waals surface area contributed by atoms with Crippen LogP contribution < -0.4 is 0 Å².